The topological polar surface area (TPSA) is 58.9 Å². The quantitative estimate of drug-likeness (QED) is 0.399. The van der Waals surface area contributed by atoms with Crippen LogP contribution in [0.25, 0.3) is 0 Å². The molecule has 0 saturated carbocycles. The zero-order valence-corrected chi connectivity index (χ0v) is 11.9. The smallest absolute Gasteiger partial charge is 0.343 e. The molecule has 1 aromatic carbocycles. The normalized spacial score (nSPS) is 12.9. The van der Waals surface area contributed by atoms with Crippen molar-refractivity contribution in [3.05, 3.63) is 46.2 Å². The summed E-state index contributed by atoms with van der Waals surface area (Å²) in [5.74, 6) is -0.726. The van der Waals surface area contributed by atoms with Crippen LogP contribution in [0.15, 0.2) is 40.6 Å². The summed E-state index contributed by atoms with van der Waals surface area (Å²) in [5.41, 5.74) is 1.22. The van der Waals surface area contributed by atoms with Gasteiger partial charge >= 0.3 is 5.97 Å². The van der Waals surface area contributed by atoms with Crippen molar-refractivity contribution in [3.63, 3.8) is 0 Å². The van der Waals surface area contributed by atoms with Gasteiger partial charge in [-0.3, -0.25) is 4.99 Å². The number of methoxy groups -OCH3 is 1. The third-order valence-corrected chi connectivity index (χ3v) is 3.06. The van der Waals surface area contributed by atoms with Crippen LogP contribution in [-0.4, -0.2) is 30.9 Å². The predicted octanol–water partition coefficient (Wildman–Crippen LogP) is 2.96. The molecule has 0 aromatic heterocycles. The number of nitrogens with zero attached hydrogens (tertiary/aromatic N) is 1. The Hall–Kier alpha value is -1.81. The standard InChI is InChI=1S/C14H16ClNO3/c1-9(16-2)13(14(18)19-3)12(17)8-10-6-4-5-7-11(10)15/h4-7,17H,8H2,1-3H3. The van der Waals surface area contributed by atoms with Gasteiger partial charge in [0.2, 0.25) is 0 Å². The minimum atomic E-state index is -0.618. The SMILES string of the molecule is CN=C(C)C(C(=O)OC)=C(O)Cc1ccccc1Cl. The van der Waals surface area contributed by atoms with Gasteiger partial charge in [-0.2, -0.15) is 0 Å². The van der Waals surface area contributed by atoms with E-state index >= 15 is 0 Å². The third-order valence-electron chi connectivity index (χ3n) is 2.69. The molecule has 1 aromatic rings. The number of carbonyl (C=O) groups excluding carboxylic acids is 1. The fourth-order valence-electron chi connectivity index (χ4n) is 1.60. The number of carbonyl (C=O) groups is 1. The lowest BCUT2D eigenvalue weighted by Crippen LogP contribution is -2.16. The highest BCUT2D eigenvalue weighted by molar-refractivity contribution is 6.31. The Balaban J connectivity index is 3.17. The van der Waals surface area contributed by atoms with Crippen LogP contribution in [0, 0.1) is 0 Å². The monoisotopic (exact) mass is 281 g/mol. The summed E-state index contributed by atoms with van der Waals surface area (Å²) < 4.78 is 4.65. The molecule has 0 amide bonds. The van der Waals surface area contributed by atoms with Gasteiger partial charge in [-0.25, -0.2) is 4.79 Å². The molecule has 0 heterocycles. The van der Waals surface area contributed by atoms with Crippen LogP contribution in [0.1, 0.15) is 12.5 Å². The lowest BCUT2D eigenvalue weighted by molar-refractivity contribution is -0.135. The summed E-state index contributed by atoms with van der Waals surface area (Å²) in [6, 6.07) is 7.12. The Morgan fingerprint density at radius 2 is 2.05 bits per heavy atom. The lowest BCUT2D eigenvalue weighted by atomic mass is 10.0. The summed E-state index contributed by atoms with van der Waals surface area (Å²) in [6.45, 7) is 1.63. The molecule has 19 heavy (non-hydrogen) atoms. The molecule has 102 valence electrons. The number of aliphatic hydroxyl groups is 1. The van der Waals surface area contributed by atoms with Crippen molar-refractivity contribution < 1.29 is 14.6 Å². The van der Waals surface area contributed by atoms with Crippen LogP contribution in [-0.2, 0) is 16.0 Å². The fraction of sp³-hybridized carbons (Fsp3) is 0.286. The van der Waals surface area contributed by atoms with Crippen LogP contribution in [0.3, 0.4) is 0 Å². The van der Waals surface area contributed by atoms with Gasteiger partial charge in [0.15, 0.2) is 0 Å². The van der Waals surface area contributed by atoms with E-state index in [2.05, 4.69) is 9.73 Å². The van der Waals surface area contributed by atoms with Crippen molar-refractivity contribution in [1.29, 1.82) is 0 Å². The van der Waals surface area contributed by atoms with Crippen LogP contribution in [0.5, 0.6) is 0 Å². The molecule has 0 fully saturated rings. The first kappa shape index (κ1) is 15.2. The highest BCUT2D eigenvalue weighted by Crippen LogP contribution is 2.20. The van der Waals surface area contributed by atoms with Crippen LogP contribution in [0.2, 0.25) is 5.02 Å². The van der Waals surface area contributed by atoms with E-state index in [1.54, 1.807) is 32.2 Å². The van der Waals surface area contributed by atoms with Gasteiger partial charge in [0.05, 0.1) is 7.11 Å². The van der Waals surface area contributed by atoms with Gasteiger partial charge in [0.25, 0.3) is 0 Å². The van der Waals surface area contributed by atoms with Crippen molar-refractivity contribution in [1.82, 2.24) is 0 Å². The van der Waals surface area contributed by atoms with Crippen molar-refractivity contribution in [2.45, 2.75) is 13.3 Å². The Kier molecular flexibility index (Phi) is 5.57. The first-order valence-corrected chi connectivity index (χ1v) is 6.06. The number of ether oxygens (including phenoxy) is 1. The Bertz CT molecular complexity index is 535. The summed E-state index contributed by atoms with van der Waals surface area (Å²) in [4.78, 5) is 15.6. The van der Waals surface area contributed by atoms with E-state index in [9.17, 15) is 9.90 Å². The zero-order chi connectivity index (χ0) is 14.4. The third kappa shape index (κ3) is 3.83. The minimum absolute atomic E-state index is 0.0740. The maximum atomic E-state index is 11.7. The molecule has 0 radical (unpaired) electrons. The highest BCUT2D eigenvalue weighted by Gasteiger charge is 2.19. The van der Waals surface area contributed by atoms with E-state index in [1.165, 1.54) is 7.11 Å². The van der Waals surface area contributed by atoms with E-state index in [1.807, 2.05) is 6.07 Å². The largest absolute Gasteiger partial charge is 0.511 e. The van der Waals surface area contributed by atoms with Crippen LogP contribution in [0.4, 0.5) is 0 Å². The first-order valence-electron chi connectivity index (χ1n) is 5.68. The van der Waals surface area contributed by atoms with E-state index in [0.29, 0.717) is 10.7 Å². The van der Waals surface area contributed by atoms with Crippen molar-refractivity contribution in [2.24, 2.45) is 4.99 Å². The molecule has 0 saturated heterocycles. The van der Waals surface area contributed by atoms with Gasteiger partial charge in [0, 0.05) is 24.2 Å². The maximum absolute atomic E-state index is 11.7. The number of benzene rings is 1. The highest BCUT2D eigenvalue weighted by atomic mass is 35.5. The first-order chi connectivity index (χ1) is 9.01. The number of aliphatic hydroxyl groups excluding tert-OH is 1. The van der Waals surface area contributed by atoms with E-state index < -0.39 is 5.97 Å². The summed E-state index contributed by atoms with van der Waals surface area (Å²) in [5, 5.41) is 10.7. The average molecular weight is 282 g/mol. The number of rotatable bonds is 4. The number of aliphatic imine (C=N–C) groups is 1. The molecule has 0 atom stereocenters. The predicted molar refractivity (Wildman–Crippen MR) is 75.9 cm³/mol. The molecule has 5 heteroatoms. The molecule has 0 spiro atoms. The molecule has 0 unspecified atom stereocenters. The van der Waals surface area contributed by atoms with Gasteiger partial charge in [-0.15, -0.1) is 0 Å². The molecule has 4 nitrogen and oxygen atoms in total. The second kappa shape index (κ2) is 6.95. The molecule has 0 bridgehead atoms. The van der Waals surface area contributed by atoms with Gasteiger partial charge in [0.1, 0.15) is 11.3 Å². The maximum Gasteiger partial charge on any atom is 0.343 e. The second-order valence-corrected chi connectivity index (χ2v) is 4.30. The molecule has 1 N–H and O–H groups in total. The van der Waals surface area contributed by atoms with Crippen LogP contribution >= 0.6 is 11.6 Å². The van der Waals surface area contributed by atoms with Crippen molar-refractivity contribution in [3.8, 4) is 0 Å². The Morgan fingerprint density at radius 3 is 2.58 bits per heavy atom. The number of allylic oxidation sites excluding steroid dienone is 1. The second-order valence-electron chi connectivity index (χ2n) is 3.89. The fourth-order valence-corrected chi connectivity index (χ4v) is 1.80. The van der Waals surface area contributed by atoms with E-state index in [-0.39, 0.29) is 17.8 Å². The van der Waals surface area contributed by atoms with Crippen LogP contribution < -0.4 is 0 Å². The molecule has 0 aliphatic heterocycles. The van der Waals surface area contributed by atoms with Crippen molar-refractivity contribution >= 4 is 23.3 Å². The molecule has 0 aliphatic carbocycles. The number of halogens is 1. The Morgan fingerprint density at radius 1 is 1.42 bits per heavy atom. The number of hydrogen-bond donors (Lipinski definition) is 1. The molecule has 1 rings (SSSR count). The minimum Gasteiger partial charge on any atom is -0.511 e. The number of hydrogen-bond acceptors (Lipinski definition) is 4. The van der Waals surface area contributed by atoms with Gasteiger partial charge < -0.3 is 9.84 Å². The summed E-state index contributed by atoms with van der Waals surface area (Å²) in [6.07, 6.45) is 0.150. The van der Waals surface area contributed by atoms with Gasteiger partial charge in [-0.05, 0) is 18.6 Å². The lowest BCUT2D eigenvalue weighted by Gasteiger charge is -2.09. The van der Waals surface area contributed by atoms with Gasteiger partial charge in [-0.1, -0.05) is 29.8 Å². The van der Waals surface area contributed by atoms with E-state index in [4.69, 9.17) is 11.6 Å². The summed E-state index contributed by atoms with van der Waals surface area (Å²) >= 11 is 6.02. The van der Waals surface area contributed by atoms with Crippen molar-refractivity contribution in [2.75, 3.05) is 14.2 Å². The summed E-state index contributed by atoms with van der Waals surface area (Å²) in [7, 11) is 2.80. The molecule has 0 aliphatic rings. The average Bonchev–Trinajstić information content (AvgIpc) is 2.41. The number of esters is 1. The van der Waals surface area contributed by atoms with E-state index in [0.717, 1.165) is 5.56 Å². The zero-order valence-electron chi connectivity index (χ0n) is 11.1. The molecular weight excluding hydrogens is 266 g/mol. The molecular formula is C14H16ClNO3. The Labute approximate surface area is 117 Å².